The summed E-state index contributed by atoms with van der Waals surface area (Å²) < 4.78 is 5.47. The van der Waals surface area contributed by atoms with E-state index >= 15 is 0 Å². The van der Waals surface area contributed by atoms with Crippen LogP contribution < -0.4 is 11.1 Å². The van der Waals surface area contributed by atoms with Crippen molar-refractivity contribution in [2.75, 3.05) is 39.2 Å². The highest BCUT2D eigenvalue weighted by molar-refractivity contribution is 14.0. The minimum absolute atomic E-state index is 0. The third kappa shape index (κ3) is 5.10. The Hall–Kier alpha value is -0.860. The first-order valence-electron chi connectivity index (χ1n) is 7.41. The van der Waals surface area contributed by atoms with Gasteiger partial charge in [0.2, 0.25) is 0 Å². The molecule has 1 aromatic rings. The molecule has 6 heteroatoms. The minimum atomic E-state index is 0. The van der Waals surface area contributed by atoms with Crippen LogP contribution in [0.3, 0.4) is 0 Å². The predicted octanol–water partition coefficient (Wildman–Crippen LogP) is 2.45. The smallest absolute Gasteiger partial charge is 0.193 e. The van der Waals surface area contributed by atoms with E-state index in [1.807, 2.05) is 12.1 Å². The SMILES string of the molecule is Cc1cccc(NC(N)=NCC2(N(C)C)CCOCC2)c1.I. The molecule has 0 radical (unpaired) electrons. The fourth-order valence-electron chi connectivity index (χ4n) is 2.64. The number of anilines is 1. The molecule has 5 nitrogen and oxygen atoms in total. The zero-order chi connectivity index (χ0) is 15.3. The van der Waals surface area contributed by atoms with Gasteiger partial charge in [0.05, 0.1) is 6.54 Å². The molecule has 1 heterocycles. The van der Waals surface area contributed by atoms with Crippen molar-refractivity contribution >= 4 is 35.6 Å². The van der Waals surface area contributed by atoms with Crippen molar-refractivity contribution in [1.82, 2.24) is 4.90 Å². The van der Waals surface area contributed by atoms with E-state index in [1.165, 1.54) is 5.56 Å². The van der Waals surface area contributed by atoms with Gasteiger partial charge in [-0.3, -0.25) is 4.99 Å². The van der Waals surface area contributed by atoms with Crippen LogP contribution in [0, 0.1) is 6.92 Å². The fourth-order valence-corrected chi connectivity index (χ4v) is 2.64. The molecule has 0 spiro atoms. The molecule has 0 aromatic heterocycles. The van der Waals surface area contributed by atoms with Gasteiger partial charge in [0.1, 0.15) is 0 Å². The number of guanidine groups is 1. The third-order valence-corrected chi connectivity index (χ3v) is 4.21. The second-order valence-electron chi connectivity index (χ2n) is 5.93. The maximum Gasteiger partial charge on any atom is 0.193 e. The van der Waals surface area contributed by atoms with Gasteiger partial charge in [-0.1, -0.05) is 12.1 Å². The highest BCUT2D eigenvalue weighted by Gasteiger charge is 2.34. The number of halogens is 1. The molecular formula is C16H27IN4O. The first-order chi connectivity index (χ1) is 10.0. The van der Waals surface area contributed by atoms with Crippen LogP contribution in [0.25, 0.3) is 0 Å². The van der Waals surface area contributed by atoms with Gasteiger partial charge in [-0.15, -0.1) is 24.0 Å². The van der Waals surface area contributed by atoms with Crippen LogP contribution in [0.5, 0.6) is 0 Å². The molecule has 0 aliphatic carbocycles. The predicted molar refractivity (Wildman–Crippen MR) is 103 cm³/mol. The van der Waals surface area contributed by atoms with E-state index in [-0.39, 0.29) is 29.5 Å². The average molecular weight is 418 g/mol. The molecule has 22 heavy (non-hydrogen) atoms. The van der Waals surface area contributed by atoms with Crippen LogP contribution in [0.2, 0.25) is 0 Å². The summed E-state index contributed by atoms with van der Waals surface area (Å²) in [5, 5.41) is 3.16. The fraction of sp³-hybridized carbons (Fsp3) is 0.562. The molecule has 0 atom stereocenters. The normalized spacial score (nSPS) is 17.9. The number of nitrogens with two attached hydrogens (primary N) is 1. The summed E-state index contributed by atoms with van der Waals surface area (Å²) in [7, 11) is 4.20. The van der Waals surface area contributed by atoms with Crippen LogP contribution in [-0.2, 0) is 4.74 Å². The molecule has 1 aliphatic rings. The van der Waals surface area contributed by atoms with E-state index in [2.05, 4.69) is 48.4 Å². The van der Waals surface area contributed by atoms with Crippen molar-refractivity contribution in [3.8, 4) is 0 Å². The van der Waals surface area contributed by atoms with Gasteiger partial charge in [-0.05, 0) is 51.6 Å². The van der Waals surface area contributed by atoms with Crippen molar-refractivity contribution in [3.05, 3.63) is 29.8 Å². The molecular weight excluding hydrogens is 391 g/mol. The maximum absolute atomic E-state index is 6.02. The van der Waals surface area contributed by atoms with E-state index in [9.17, 15) is 0 Å². The number of nitrogens with one attached hydrogen (secondary N) is 1. The molecule has 1 saturated heterocycles. The highest BCUT2D eigenvalue weighted by atomic mass is 127. The van der Waals surface area contributed by atoms with Crippen molar-refractivity contribution in [2.45, 2.75) is 25.3 Å². The lowest BCUT2D eigenvalue weighted by atomic mass is 9.89. The van der Waals surface area contributed by atoms with Crippen LogP contribution >= 0.6 is 24.0 Å². The molecule has 0 amide bonds. The van der Waals surface area contributed by atoms with E-state index in [0.29, 0.717) is 12.5 Å². The van der Waals surface area contributed by atoms with Gasteiger partial charge in [0.25, 0.3) is 0 Å². The summed E-state index contributed by atoms with van der Waals surface area (Å²) in [6, 6.07) is 8.11. The molecule has 0 unspecified atom stereocenters. The van der Waals surface area contributed by atoms with E-state index in [4.69, 9.17) is 10.5 Å². The summed E-state index contributed by atoms with van der Waals surface area (Å²) in [5.41, 5.74) is 8.24. The summed E-state index contributed by atoms with van der Waals surface area (Å²) >= 11 is 0. The lowest BCUT2D eigenvalue weighted by Crippen LogP contribution is -2.51. The van der Waals surface area contributed by atoms with Gasteiger partial charge in [0.15, 0.2) is 5.96 Å². The number of ether oxygens (including phenoxy) is 1. The molecule has 0 saturated carbocycles. The van der Waals surface area contributed by atoms with E-state index in [0.717, 1.165) is 31.7 Å². The van der Waals surface area contributed by atoms with Gasteiger partial charge < -0.3 is 20.7 Å². The van der Waals surface area contributed by atoms with Gasteiger partial charge in [-0.2, -0.15) is 0 Å². The summed E-state index contributed by atoms with van der Waals surface area (Å²) in [6.07, 6.45) is 1.97. The van der Waals surface area contributed by atoms with E-state index < -0.39 is 0 Å². The lowest BCUT2D eigenvalue weighted by molar-refractivity contribution is -0.00249. The Morgan fingerprint density at radius 3 is 2.64 bits per heavy atom. The Kier molecular flexibility index (Phi) is 7.58. The molecule has 1 fully saturated rings. The molecule has 0 bridgehead atoms. The molecule has 1 aliphatic heterocycles. The van der Waals surface area contributed by atoms with Gasteiger partial charge >= 0.3 is 0 Å². The number of aryl methyl sites for hydroxylation is 1. The van der Waals surface area contributed by atoms with E-state index in [1.54, 1.807) is 0 Å². The topological polar surface area (TPSA) is 62.9 Å². The number of nitrogens with zero attached hydrogens (tertiary/aromatic N) is 2. The lowest BCUT2D eigenvalue weighted by Gasteiger charge is -2.41. The Balaban J connectivity index is 0.00000242. The van der Waals surface area contributed by atoms with Crippen molar-refractivity contribution in [2.24, 2.45) is 10.7 Å². The van der Waals surface area contributed by atoms with Crippen molar-refractivity contribution < 1.29 is 4.74 Å². The Labute approximate surface area is 150 Å². The largest absolute Gasteiger partial charge is 0.381 e. The summed E-state index contributed by atoms with van der Waals surface area (Å²) in [5.74, 6) is 0.466. The monoisotopic (exact) mass is 418 g/mol. The van der Waals surface area contributed by atoms with Crippen LogP contribution in [0.15, 0.2) is 29.3 Å². The standard InChI is InChI=1S/C16H26N4O.HI/c1-13-5-4-6-14(11-13)19-15(17)18-12-16(20(2)3)7-9-21-10-8-16;/h4-6,11H,7-10,12H2,1-3H3,(H3,17,18,19);1H. The number of hydrogen-bond acceptors (Lipinski definition) is 3. The summed E-state index contributed by atoms with van der Waals surface area (Å²) in [4.78, 5) is 6.80. The number of aliphatic imine (C=N–C) groups is 1. The average Bonchev–Trinajstić information content (AvgIpc) is 2.46. The van der Waals surface area contributed by atoms with Crippen LogP contribution in [0.4, 0.5) is 5.69 Å². The number of likely N-dealkylation sites (N-methyl/N-ethyl adjacent to an activating group) is 1. The van der Waals surface area contributed by atoms with Gasteiger partial charge in [-0.25, -0.2) is 0 Å². The van der Waals surface area contributed by atoms with Crippen molar-refractivity contribution in [3.63, 3.8) is 0 Å². The van der Waals surface area contributed by atoms with Crippen LogP contribution in [0.1, 0.15) is 18.4 Å². The molecule has 124 valence electrons. The van der Waals surface area contributed by atoms with Gasteiger partial charge in [0, 0.05) is 24.4 Å². The first-order valence-corrected chi connectivity index (χ1v) is 7.41. The second kappa shape index (κ2) is 8.69. The Morgan fingerprint density at radius 2 is 2.05 bits per heavy atom. The Bertz CT molecular complexity index is 499. The van der Waals surface area contributed by atoms with Crippen molar-refractivity contribution in [1.29, 1.82) is 0 Å². The minimum Gasteiger partial charge on any atom is -0.381 e. The first kappa shape index (κ1) is 19.2. The number of benzene rings is 1. The maximum atomic E-state index is 6.02. The quantitative estimate of drug-likeness (QED) is 0.448. The number of rotatable bonds is 4. The van der Waals surface area contributed by atoms with Crippen LogP contribution in [-0.4, -0.2) is 50.3 Å². The summed E-state index contributed by atoms with van der Waals surface area (Å²) in [6.45, 7) is 4.33. The molecule has 3 N–H and O–H groups in total. The second-order valence-corrected chi connectivity index (χ2v) is 5.93. The zero-order valence-electron chi connectivity index (χ0n) is 13.6. The third-order valence-electron chi connectivity index (χ3n) is 4.21. The zero-order valence-corrected chi connectivity index (χ0v) is 16.0. The number of hydrogen-bond donors (Lipinski definition) is 2. The Morgan fingerprint density at radius 1 is 1.36 bits per heavy atom. The molecule has 2 rings (SSSR count). The molecule has 1 aromatic carbocycles. The highest BCUT2D eigenvalue weighted by Crippen LogP contribution is 2.26.